The third-order valence-electron chi connectivity index (χ3n) is 7.23. The maximum absolute atomic E-state index is 12.6. The molecule has 1 atom stereocenters. The number of nitrogens with zero attached hydrogens (tertiary/aromatic N) is 4. The molecule has 2 N–H and O–H groups in total. The minimum atomic E-state index is -3.49. The van der Waals surface area contributed by atoms with Gasteiger partial charge in [0, 0.05) is 42.3 Å². The molecule has 11 nitrogen and oxygen atoms in total. The van der Waals surface area contributed by atoms with E-state index in [0.29, 0.717) is 54.0 Å². The van der Waals surface area contributed by atoms with E-state index in [2.05, 4.69) is 20.0 Å². The Morgan fingerprint density at radius 2 is 1.84 bits per heavy atom. The molecule has 1 fully saturated rings. The van der Waals surface area contributed by atoms with Gasteiger partial charge in [0.05, 0.1) is 22.7 Å². The highest BCUT2D eigenvalue weighted by molar-refractivity contribution is 7.92. The van der Waals surface area contributed by atoms with Gasteiger partial charge >= 0.3 is 6.09 Å². The molecule has 0 spiro atoms. The van der Waals surface area contributed by atoms with Gasteiger partial charge in [0.1, 0.15) is 11.4 Å². The number of hydrogen-bond acceptors (Lipinski definition) is 9. The van der Waals surface area contributed by atoms with Crippen LogP contribution in [0.5, 0.6) is 11.6 Å². The summed E-state index contributed by atoms with van der Waals surface area (Å²) in [4.78, 5) is 28.1. The van der Waals surface area contributed by atoms with Gasteiger partial charge in [0.15, 0.2) is 0 Å². The molecule has 1 aliphatic rings. The Morgan fingerprint density at radius 1 is 1.07 bits per heavy atom. The van der Waals surface area contributed by atoms with E-state index in [9.17, 15) is 13.2 Å². The van der Waals surface area contributed by atoms with E-state index in [4.69, 9.17) is 14.5 Å². The quantitative estimate of drug-likeness (QED) is 0.205. The molecule has 0 bridgehead atoms. The molecular formula is C33H40N6O5S. The normalized spacial score (nSPS) is 15.5. The van der Waals surface area contributed by atoms with Crippen molar-refractivity contribution in [3.8, 4) is 22.9 Å². The van der Waals surface area contributed by atoms with Crippen LogP contribution in [0, 0.1) is 6.92 Å². The molecule has 0 unspecified atom stereocenters. The zero-order chi connectivity index (χ0) is 32.2. The minimum Gasteiger partial charge on any atom is -0.444 e. The molecule has 1 amide bonds. The van der Waals surface area contributed by atoms with Gasteiger partial charge in [0.25, 0.3) is 0 Å². The largest absolute Gasteiger partial charge is 0.444 e. The van der Waals surface area contributed by atoms with Gasteiger partial charge in [-0.15, -0.1) is 0 Å². The number of piperidine rings is 1. The van der Waals surface area contributed by atoms with Crippen molar-refractivity contribution in [1.82, 2.24) is 19.9 Å². The number of amides is 1. The summed E-state index contributed by atoms with van der Waals surface area (Å²) in [5.74, 6) is 1.39. The number of rotatable bonds is 9. The lowest BCUT2D eigenvalue weighted by Gasteiger charge is -2.34. The van der Waals surface area contributed by atoms with E-state index in [-0.39, 0.29) is 17.9 Å². The van der Waals surface area contributed by atoms with E-state index in [1.54, 1.807) is 29.4 Å². The summed E-state index contributed by atoms with van der Waals surface area (Å²) in [6.45, 7) is 10.4. The molecule has 2 aromatic heterocycles. The summed E-state index contributed by atoms with van der Waals surface area (Å²) in [6.07, 6.45) is 5.22. The molecule has 45 heavy (non-hydrogen) atoms. The summed E-state index contributed by atoms with van der Waals surface area (Å²) in [6, 6.07) is 14.7. The van der Waals surface area contributed by atoms with Crippen LogP contribution in [0.2, 0.25) is 0 Å². The Bertz CT molecular complexity index is 1790. The van der Waals surface area contributed by atoms with E-state index in [1.807, 2.05) is 71.0 Å². The number of aromatic nitrogens is 3. The second-order valence-corrected chi connectivity index (χ2v) is 14.0. The fourth-order valence-corrected chi connectivity index (χ4v) is 6.45. The van der Waals surface area contributed by atoms with Crippen LogP contribution < -0.4 is 14.8 Å². The monoisotopic (exact) mass is 632 g/mol. The van der Waals surface area contributed by atoms with Crippen LogP contribution in [0.4, 0.5) is 16.4 Å². The van der Waals surface area contributed by atoms with Crippen LogP contribution in [-0.4, -0.2) is 64.8 Å². The van der Waals surface area contributed by atoms with Crippen LogP contribution in [0.15, 0.2) is 60.9 Å². The number of hydrogen-bond donors (Lipinski definition) is 2. The van der Waals surface area contributed by atoms with Crippen molar-refractivity contribution in [2.24, 2.45) is 0 Å². The van der Waals surface area contributed by atoms with Gasteiger partial charge in [-0.3, -0.25) is 4.72 Å². The van der Waals surface area contributed by atoms with Crippen LogP contribution >= 0.6 is 0 Å². The molecule has 0 aliphatic carbocycles. The first kappa shape index (κ1) is 32.0. The van der Waals surface area contributed by atoms with Crippen LogP contribution in [0.1, 0.15) is 52.5 Å². The number of ether oxygens (including phenoxy) is 2. The Kier molecular flexibility index (Phi) is 9.42. The summed E-state index contributed by atoms with van der Waals surface area (Å²) >= 11 is 0. The highest BCUT2D eigenvalue weighted by atomic mass is 32.2. The molecule has 238 valence electrons. The fourth-order valence-electron chi connectivity index (χ4n) is 5.31. The molecule has 1 aliphatic heterocycles. The number of sulfonamides is 1. The van der Waals surface area contributed by atoms with Crippen LogP contribution in [0.25, 0.3) is 22.0 Å². The lowest BCUT2D eigenvalue weighted by molar-refractivity contribution is 0.0206. The molecule has 4 aromatic rings. The number of carbonyl (C=O) groups is 1. The second kappa shape index (κ2) is 13.3. The molecule has 5 rings (SSSR count). The minimum absolute atomic E-state index is 0.0339. The highest BCUT2D eigenvalue weighted by Gasteiger charge is 2.28. The first-order valence-corrected chi connectivity index (χ1v) is 16.8. The molecular weight excluding hydrogens is 592 g/mol. The Hall–Kier alpha value is -4.45. The van der Waals surface area contributed by atoms with Gasteiger partial charge in [-0.1, -0.05) is 31.2 Å². The SMILES string of the molecule is CCCS(=O)(=O)Nc1cc(C)c(Oc2ncccc2-c2ccnc(N[C@H]3CCCN(C(=O)OC(C)(C)C)C3)n2)c2ccccc12. The summed E-state index contributed by atoms with van der Waals surface area (Å²) < 4.78 is 40.0. The van der Waals surface area contributed by atoms with E-state index in [1.165, 1.54) is 0 Å². The molecule has 0 saturated carbocycles. The Balaban J connectivity index is 1.40. The predicted molar refractivity (Wildman–Crippen MR) is 176 cm³/mol. The van der Waals surface area contributed by atoms with Crippen LogP contribution in [0.3, 0.4) is 0 Å². The first-order chi connectivity index (χ1) is 21.4. The highest BCUT2D eigenvalue weighted by Crippen LogP contribution is 2.40. The van der Waals surface area contributed by atoms with Gasteiger partial charge in [-0.25, -0.2) is 28.2 Å². The third kappa shape index (κ3) is 7.99. The number of benzene rings is 2. The van der Waals surface area contributed by atoms with E-state index >= 15 is 0 Å². The number of likely N-dealkylation sites (tertiary alicyclic amines) is 1. The van der Waals surface area contributed by atoms with E-state index < -0.39 is 15.6 Å². The lowest BCUT2D eigenvalue weighted by atomic mass is 10.0. The fraction of sp³-hybridized carbons (Fsp3) is 0.394. The number of anilines is 2. The second-order valence-electron chi connectivity index (χ2n) is 12.2. The van der Waals surface area contributed by atoms with Gasteiger partial charge in [-0.05, 0) is 76.8 Å². The van der Waals surface area contributed by atoms with Gasteiger partial charge in [-0.2, -0.15) is 0 Å². The molecule has 2 aromatic carbocycles. The van der Waals surface area contributed by atoms with Crippen molar-refractivity contribution in [3.63, 3.8) is 0 Å². The number of aryl methyl sites for hydroxylation is 1. The van der Waals surface area contributed by atoms with E-state index in [0.717, 1.165) is 29.2 Å². The molecule has 12 heteroatoms. The summed E-state index contributed by atoms with van der Waals surface area (Å²) in [5.41, 5.74) is 1.97. The predicted octanol–water partition coefficient (Wildman–Crippen LogP) is 6.76. The summed E-state index contributed by atoms with van der Waals surface area (Å²) in [7, 11) is -3.49. The first-order valence-electron chi connectivity index (χ1n) is 15.2. The van der Waals surface area contributed by atoms with Crippen molar-refractivity contribution >= 4 is 38.5 Å². The average molecular weight is 633 g/mol. The van der Waals surface area contributed by atoms with Gasteiger partial charge < -0.3 is 19.7 Å². The van der Waals surface area contributed by atoms with Crippen molar-refractivity contribution in [2.75, 3.05) is 28.9 Å². The number of nitrogens with one attached hydrogen (secondary N) is 2. The van der Waals surface area contributed by atoms with Crippen molar-refractivity contribution in [2.45, 2.75) is 65.5 Å². The molecule has 1 saturated heterocycles. The maximum atomic E-state index is 12.6. The smallest absolute Gasteiger partial charge is 0.410 e. The Morgan fingerprint density at radius 3 is 2.60 bits per heavy atom. The maximum Gasteiger partial charge on any atom is 0.410 e. The van der Waals surface area contributed by atoms with Crippen molar-refractivity contribution < 1.29 is 22.7 Å². The van der Waals surface area contributed by atoms with Crippen LogP contribution in [-0.2, 0) is 14.8 Å². The van der Waals surface area contributed by atoms with Crippen molar-refractivity contribution in [3.05, 3.63) is 66.5 Å². The average Bonchev–Trinajstić information content (AvgIpc) is 2.98. The lowest BCUT2D eigenvalue weighted by Crippen LogP contribution is -2.47. The zero-order valence-electron chi connectivity index (χ0n) is 26.3. The summed E-state index contributed by atoms with van der Waals surface area (Å²) in [5, 5.41) is 4.86. The number of fused-ring (bicyclic) bond motifs is 1. The van der Waals surface area contributed by atoms with Gasteiger partial charge in [0.2, 0.25) is 21.9 Å². The third-order valence-corrected chi connectivity index (χ3v) is 8.70. The standard InChI is InChI=1S/C33H40N6O5S/c1-6-19-45(41,42)38-28-20-22(2)29(25-13-8-7-12-24(25)28)43-30-26(14-9-16-34-30)27-15-17-35-31(37-27)36-23-11-10-18-39(21-23)32(40)44-33(3,4)5/h7-9,12-17,20,23,38H,6,10-11,18-19,21H2,1-5H3,(H,35,36,37)/t23-/m0/s1. The molecule has 0 radical (unpaired) electrons. The zero-order valence-corrected chi connectivity index (χ0v) is 27.1. The van der Waals surface area contributed by atoms with Crippen molar-refractivity contribution in [1.29, 1.82) is 0 Å². The topological polar surface area (TPSA) is 136 Å². The molecule has 3 heterocycles. The Labute approximate surface area is 264 Å². The number of carbonyl (C=O) groups excluding carboxylic acids is 1. The number of pyridine rings is 1.